The molecule has 0 amide bonds. The van der Waals surface area contributed by atoms with Crippen LogP contribution in [0.4, 0.5) is 0 Å². The SMILES string of the molecule is c1ccc(-c2cccc(-c3ccc(-c4nc(-c5cccc(-c6nc(-c7ccc(-c8cccc(-c9ccccc9)c8)cc7)c7ccccc7n6)c5)nc5ccccc45)cc3)c2)cc1. The molecule has 0 spiro atoms. The van der Waals surface area contributed by atoms with Crippen LogP contribution in [-0.2, 0) is 0 Å². The van der Waals surface area contributed by atoms with Crippen LogP contribution in [0.5, 0.6) is 0 Å². The van der Waals surface area contributed by atoms with E-state index in [1.807, 2.05) is 42.5 Å². The molecule has 0 saturated heterocycles. The Kier molecular flexibility index (Phi) is 9.49. The molecule has 2 aromatic heterocycles. The van der Waals surface area contributed by atoms with Crippen LogP contribution in [0.3, 0.4) is 0 Å². The smallest absolute Gasteiger partial charge is 0.160 e. The zero-order chi connectivity index (χ0) is 41.2. The molecular formula is C58H38N4. The fourth-order valence-electron chi connectivity index (χ4n) is 8.31. The third-order valence-electron chi connectivity index (χ3n) is 11.5. The van der Waals surface area contributed by atoms with Crippen LogP contribution < -0.4 is 0 Å². The van der Waals surface area contributed by atoms with Crippen LogP contribution in [0, 0.1) is 0 Å². The summed E-state index contributed by atoms with van der Waals surface area (Å²) < 4.78 is 0. The molecule has 62 heavy (non-hydrogen) atoms. The van der Waals surface area contributed by atoms with Crippen molar-refractivity contribution in [3.63, 3.8) is 0 Å². The summed E-state index contributed by atoms with van der Waals surface area (Å²) in [4.78, 5) is 20.7. The maximum atomic E-state index is 5.25. The highest BCUT2D eigenvalue weighted by molar-refractivity contribution is 5.95. The Morgan fingerprint density at radius 3 is 0.887 bits per heavy atom. The van der Waals surface area contributed by atoms with Crippen LogP contribution in [0.2, 0.25) is 0 Å². The maximum Gasteiger partial charge on any atom is 0.160 e. The molecule has 290 valence electrons. The van der Waals surface area contributed by atoms with Crippen molar-refractivity contribution in [3.8, 4) is 89.8 Å². The molecule has 2 heterocycles. The van der Waals surface area contributed by atoms with Gasteiger partial charge in [-0.25, -0.2) is 19.9 Å². The summed E-state index contributed by atoms with van der Waals surface area (Å²) in [5, 5.41) is 2.01. The largest absolute Gasteiger partial charge is 0.228 e. The Morgan fingerprint density at radius 1 is 0.194 bits per heavy atom. The molecule has 0 aliphatic carbocycles. The van der Waals surface area contributed by atoms with Gasteiger partial charge in [0.05, 0.1) is 22.4 Å². The van der Waals surface area contributed by atoms with Gasteiger partial charge in [-0.2, -0.15) is 0 Å². The van der Waals surface area contributed by atoms with Gasteiger partial charge in [0.2, 0.25) is 0 Å². The molecule has 0 bridgehead atoms. The Hall–Kier alpha value is -8.34. The van der Waals surface area contributed by atoms with Gasteiger partial charge in [0.1, 0.15) is 0 Å². The zero-order valence-corrected chi connectivity index (χ0v) is 33.7. The van der Waals surface area contributed by atoms with Gasteiger partial charge in [-0.15, -0.1) is 0 Å². The molecule has 0 radical (unpaired) electrons. The van der Waals surface area contributed by atoms with Gasteiger partial charge < -0.3 is 0 Å². The van der Waals surface area contributed by atoms with Gasteiger partial charge >= 0.3 is 0 Å². The first-order chi connectivity index (χ1) is 30.7. The fraction of sp³-hybridized carbons (Fsp3) is 0. The lowest BCUT2D eigenvalue weighted by molar-refractivity contribution is 1.21. The van der Waals surface area contributed by atoms with E-state index in [1.165, 1.54) is 33.4 Å². The Morgan fingerprint density at radius 2 is 0.484 bits per heavy atom. The first kappa shape index (κ1) is 36.7. The highest BCUT2D eigenvalue weighted by Gasteiger charge is 2.16. The quantitative estimate of drug-likeness (QED) is 0.154. The molecule has 4 nitrogen and oxygen atoms in total. The van der Waals surface area contributed by atoms with Crippen molar-refractivity contribution >= 4 is 21.8 Å². The molecule has 4 heteroatoms. The third kappa shape index (κ3) is 7.20. The van der Waals surface area contributed by atoms with Crippen molar-refractivity contribution in [3.05, 3.63) is 231 Å². The lowest BCUT2D eigenvalue weighted by Crippen LogP contribution is -1.97. The van der Waals surface area contributed by atoms with E-state index in [-0.39, 0.29) is 0 Å². The molecular weight excluding hydrogens is 753 g/mol. The highest BCUT2D eigenvalue weighted by Crippen LogP contribution is 2.35. The van der Waals surface area contributed by atoms with Gasteiger partial charge in [0, 0.05) is 33.0 Å². The van der Waals surface area contributed by atoms with Gasteiger partial charge in [0.25, 0.3) is 0 Å². The molecule has 11 rings (SSSR count). The van der Waals surface area contributed by atoms with Crippen LogP contribution >= 0.6 is 0 Å². The van der Waals surface area contributed by atoms with E-state index >= 15 is 0 Å². The molecule has 0 unspecified atom stereocenters. The average Bonchev–Trinajstić information content (AvgIpc) is 3.36. The second kappa shape index (κ2) is 16.0. The van der Waals surface area contributed by atoms with Crippen molar-refractivity contribution < 1.29 is 0 Å². The van der Waals surface area contributed by atoms with Gasteiger partial charge in [-0.3, -0.25) is 0 Å². The molecule has 0 atom stereocenters. The van der Waals surface area contributed by atoms with Gasteiger partial charge in [-0.05, 0) is 74.8 Å². The topological polar surface area (TPSA) is 51.6 Å². The van der Waals surface area contributed by atoms with E-state index in [4.69, 9.17) is 19.9 Å². The van der Waals surface area contributed by atoms with Crippen molar-refractivity contribution in [2.45, 2.75) is 0 Å². The van der Waals surface area contributed by atoms with Crippen LogP contribution in [0.1, 0.15) is 0 Å². The summed E-state index contributed by atoms with van der Waals surface area (Å²) in [7, 11) is 0. The van der Waals surface area contributed by atoms with E-state index in [2.05, 4.69) is 188 Å². The van der Waals surface area contributed by atoms with Crippen LogP contribution in [0.15, 0.2) is 231 Å². The van der Waals surface area contributed by atoms with E-state index in [0.717, 1.165) is 66.6 Å². The lowest BCUT2D eigenvalue weighted by atomic mass is 9.97. The number of para-hydroxylation sites is 2. The Labute approximate surface area is 360 Å². The number of aromatic nitrogens is 4. The second-order valence-corrected chi connectivity index (χ2v) is 15.5. The predicted octanol–water partition coefficient (Wildman–Crippen LogP) is 14.9. The summed E-state index contributed by atoms with van der Waals surface area (Å²) >= 11 is 0. The summed E-state index contributed by atoms with van der Waals surface area (Å²) in [5.74, 6) is 1.29. The summed E-state index contributed by atoms with van der Waals surface area (Å²) in [6.07, 6.45) is 0. The summed E-state index contributed by atoms with van der Waals surface area (Å²) in [6, 6.07) is 80.5. The standard InChI is InChI=1S/C58H38N4/c1-3-14-39(15-4-1)45-18-11-20-47(36-45)41-28-32-43(33-29-41)55-51-24-7-9-26-53(51)59-57(61-55)49-22-13-23-50(38-49)58-60-54-27-10-8-25-52(54)56(62-58)44-34-30-42(31-35-44)48-21-12-19-46(37-48)40-16-5-2-6-17-40/h1-38H. The lowest BCUT2D eigenvalue weighted by Gasteiger charge is -2.12. The number of fused-ring (bicyclic) bond motifs is 2. The maximum absolute atomic E-state index is 5.25. The second-order valence-electron chi connectivity index (χ2n) is 15.5. The molecule has 9 aromatic carbocycles. The Balaban J connectivity index is 0.933. The molecule has 0 saturated carbocycles. The van der Waals surface area contributed by atoms with Crippen molar-refractivity contribution in [1.29, 1.82) is 0 Å². The first-order valence-corrected chi connectivity index (χ1v) is 20.9. The zero-order valence-electron chi connectivity index (χ0n) is 33.7. The van der Waals surface area contributed by atoms with Crippen molar-refractivity contribution in [2.24, 2.45) is 0 Å². The minimum absolute atomic E-state index is 0.646. The van der Waals surface area contributed by atoms with E-state index in [0.29, 0.717) is 11.6 Å². The molecule has 0 aliphatic rings. The van der Waals surface area contributed by atoms with Crippen molar-refractivity contribution in [2.75, 3.05) is 0 Å². The molecule has 0 aliphatic heterocycles. The summed E-state index contributed by atoms with van der Waals surface area (Å²) in [6.45, 7) is 0. The van der Waals surface area contributed by atoms with E-state index in [1.54, 1.807) is 0 Å². The molecule has 11 aromatic rings. The Bertz CT molecular complexity index is 3150. The monoisotopic (exact) mass is 790 g/mol. The number of nitrogens with zero attached hydrogens (tertiary/aromatic N) is 4. The number of hydrogen-bond acceptors (Lipinski definition) is 4. The molecule has 0 fully saturated rings. The predicted molar refractivity (Wildman–Crippen MR) is 256 cm³/mol. The van der Waals surface area contributed by atoms with Crippen molar-refractivity contribution in [1.82, 2.24) is 19.9 Å². The van der Waals surface area contributed by atoms with Crippen LogP contribution in [-0.4, -0.2) is 19.9 Å². The number of rotatable bonds is 8. The number of hydrogen-bond donors (Lipinski definition) is 0. The van der Waals surface area contributed by atoms with Gasteiger partial charge in [-0.1, -0.05) is 200 Å². The first-order valence-electron chi connectivity index (χ1n) is 20.9. The minimum Gasteiger partial charge on any atom is -0.228 e. The highest BCUT2D eigenvalue weighted by atomic mass is 14.9. The van der Waals surface area contributed by atoms with E-state index in [9.17, 15) is 0 Å². The third-order valence-corrected chi connectivity index (χ3v) is 11.5. The van der Waals surface area contributed by atoms with E-state index < -0.39 is 0 Å². The molecule has 0 N–H and O–H groups in total. The normalized spacial score (nSPS) is 11.2. The minimum atomic E-state index is 0.646. The fourth-order valence-corrected chi connectivity index (χ4v) is 8.31. The number of benzene rings is 9. The average molecular weight is 791 g/mol. The van der Waals surface area contributed by atoms with Gasteiger partial charge in [0.15, 0.2) is 11.6 Å². The summed E-state index contributed by atoms with van der Waals surface area (Å²) in [5.41, 5.74) is 16.8. The van der Waals surface area contributed by atoms with Crippen LogP contribution in [0.25, 0.3) is 112 Å².